The number of hydrazone groups is 1. The summed E-state index contributed by atoms with van der Waals surface area (Å²) in [6.45, 7) is 4.48. The highest BCUT2D eigenvalue weighted by Crippen LogP contribution is 2.44. The van der Waals surface area contributed by atoms with Crippen LogP contribution in [0.3, 0.4) is 0 Å². The van der Waals surface area contributed by atoms with Gasteiger partial charge in [-0.05, 0) is 25.5 Å². The molecule has 27 heavy (non-hydrogen) atoms. The van der Waals surface area contributed by atoms with Gasteiger partial charge in [0.15, 0.2) is 0 Å². The first-order valence-electron chi connectivity index (χ1n) is 8.86. The van der Waals surface area contributed by atoms with Gasteiger partial charge in [0, 0.05) is 18.5 Å². The summed E-state index contributed by atoms with van der Waals surface area (Å²) in [4.78, 5) is 28.8. The molecule has 2 aliphatic rings. The predicted octanol–water partition coefficient (Wildman–Crippen LogP) is 1.67. The molecular weight excluding hydrogens is 380 g/mol. The third-order valence-corrected chi connectivity index (χ3v) is 7.23. The first-order chi connectivity index (χ1) is 13.0. The van der Waals surface area contributed by atoms with Crippen LogP contribution in [0.1, 0.15) is 26.7 Å². The number of hydrogen-bond donors (Lipinski definition) is 1. The van der Waals surface area contributed by atoms with Gasteiger partial charge in [0.1, 0.15) is 14.2 Å². The van der Waals surface area contributed by atoms with Crippen molar-refractivity contribution in [3.05, 3.63) is 43.8 Å². The zero-order valence-electron chi connectivity index (χ0n) is 15.4. The Hall–Kier alpha value is -2.32. The lowest BCUT2D eigenvalue weighted by Crippen LogP contribution is -2.35. The Morgan fingerprint density at radius 1 is 1.22 bits per heavy atom. The summed E-state index contributed by atoms with van der Waals surface area (Å²) in [6, 6.07) is 8.11. The summed E-state index contributed by atoms with van der Waals surface area (Å²) in [7, 11) is 1.98. The van der Waals surface area contributed by atoms with Crippen LogP contribution in [0.25, 0.3) is 10.6 Å². The van der Waals surface area contributed by atoms with E-state index in [1.165, 1.54) is 11.3 Å². The molecule has 140 valence electrons. The number of carbonyl (C=O) groups excluding carboxylic acids is 1. The Kier molecular flexibility index (Phi) is 4.69. The molecule has 6 nitrogen and oxygen atoms in total. The van der Waals surface area contributed by atoms with Crippen LogP contribution < -0.4 is 25.1 Å². The molecule has 8 heteroatoms. The second-order valence-electron chi connectivity index (χ2n) is 6.49. The zero-order chi connectivity index (χ0) is 19.1. The maximum atomic E-state index is 13.3. The highest BCUT2D eigenvalue weighted by molar-refractivity contribution is 8.08. The number of amides is 1. The molecule has 0 saturated heterocycles. The maximum Gasteiger partial charge on any atom is 0.276 e. The molecule has 1 aromatic carbocycles. The standard InChI is InChI=1S/C19H20N4O2S2/c1-4-5-10-23-17(25)15(27-18(23)14-11(2)20-21-16(14)24)19-22(3)12-8-6-7-9-13(12)26-19/h6-9H,4-5,10H2,1-3H3,(H,21,24)/b18-14?,19-15-. The first-order valence-corrected chi connectivity index (χ1v) is 10.5. The number of nitrogens with one attached hydrogen (secondary N) is 1. The van der Waals surface area contributed by atoms with Gasteiger partial charge in [-0.2, -0.15) is 5.10 Å². The van der Waals surface area contributed by atoms with E-state index in [1.54, 1.807) is 23.3 Å². The topological polar surface area (TPSA) is 66.7 Å². The van der Waals surface area contributed by atoms with Crippen LogP contribution in [0, 0.1) is 0 Å². The van der Waals surface area contributed by atoms with Gasteiger partial charge in [0.25, 0.3) is 11.5 Å². The number of para-hydroxylation sites is 1. The van der Waals surface area contributed by atoms with E-state index in [1.807, 2.05) is 19.2 Å². The number of benzene rings is 1. The molecule has 0 saturated carbocycles. The van der Waals surface area contributed by atoms with E-state index in [0.29, 0.717) is 27.0 Å². The van der Waals surface area contributed by atoms with Gasteiger partial charge in [-0.1, -0.05) is 37.2 Å². The Morgan fingerprint density at radius 3 is 2.67 bits per heavy atom. The van der Waals surface area contributed by atoms with E-state index in [0.717, 1.165) is 28.5 Å². The number of rotatable bonds is 3. The van der Waals surface area contributed by atoms with Crippen LogP contribution >= 0.6 is 23.1 Å². The lowest BCUT2D eigenvalue weighted by Gasteiger charge is -2.11. The van der Waals surface area contributed by atoms with Gasteiger partial charge < -0.3 is 4.90 Å². The summed E-state index contributed by atoms with van der Waals surface area (Å²) in [5.41, 5.74) is 4.69. The van der Waals surface area contributed by atoms with E-state index in [4.69, 9.17) is 0 Å². The SMILES string of the molecule is CCCCn1c(=C2C(=O)NN=C2C)s/c(=C2\Sc3ccccc3N2C)c1=O. The zero-order valence-corrected chi connectivity index (χ0v) is 17.0. The fourth-order valence-corrected chi connectivity index (χ4v) is 5.79. The van der Waals surface area contributed by atoms with Crippen LogP contribution in [0.4, 0.5) is 5.69 Å². The number of thiazole rings is 1. The number of carbonyl (C=O) groups is 1. The van der Waals surface area contributed by atoms with E-state index in [9.17, 15) is 9.59 Å². The number of hydrogen-bond acceptors (Lipinski definition) is 6. The highest BCUT2D eigenvalue weighted by Gasteiger charge is 2.27. The molecule has 2 aromatic rings. The minimum Gasteiger partial charge on any atom is -0.337 e. The van der Waals surface area contributed by atoms with Crippen molar-refractivity contribution in [1.29, 1.82) is 0 Å². The normalized spacial score (nSPS) is 20.0. The van der Waals surface area contributed by atoms with Crippen molar-refractivity contribution >= 4 is 51.0 Å². The molecule has 0 atom stereocenters. The summed E-state index contributed by atoms with van der Waals surface area (Å²) >= 11 is 2.99. The van der Waals surface area contributed by atoms with E-state index in [-0.39, 0.29) is 11.5 Å². The van der Waals surface area contributed by atoms with Crippen LogP contribution in [0.5, 0.6) is 0 Å². The fraction of sp³-hybridized carbons (Fsp3) is 0.316. The van der Waals surface area contributed by atoms with Gasteiger partial charge in [0.2, 0.25) is 0 Å². The van der Waals surface area contributed by atoms with Crippen molar-refractivity contribution < 1.29 is 4.79 Å². The van der Waals surface area contributed by atoms with Crippen molar-refractivity contribution in [2.75, 3.05) is 11.9 Å². The molecule has 0 bridgehead atoms. The van der Waals surface area contributed by atoms with Gasteiger partial charge >= 0.3 is 0 Å². The van der Waals surface area contributed by atoms with Crippen molar-refractivity contribution in [1.82, 2.24) is 9.99 Å². The maximum absolute atomic E-state index is 13.3. The predicted molar refractivity (Wildman–Crippen MR) is 112 cm³/mol. The number of fused-ring (bicyclic) bond motifs is 1. The van der Waals surface area contributed by atoms with E-state index >= 15 is 0 Å². The van der Waals surface area contributed by atoms with Crippen LogP contribution in [-0.2, 0) is 11.3 Å². The molecule has 0 radical (unpaired) electrons. The van der Waals surface area contributed by atoms with Crippen molar-refractivity contribution in [3.63, 3.8) is 0 Å². The molecule has 1 aromatic heterocycles. The molecule has 3 heterocycles. The molecule has 0 fully saturated rings. The molecular formula is C19H20N4O2S2. The second kappa shape index (κ2) is 7.01. The summed E-state index contributed by atoms with van der Waals surface area (Å²) < 4.78 is 3.11. The van der Waals surface area contributed by atoms with Gasteiger partial charge in [-0.3, -0.25) is 14.2 Å². The van der Waals surface area contributed by atoms with Gasteiger partial charge in [-0.25, -0.2) is 5.43 Å². The van der Waals surface area contributed by atoms with E-state index < -0.39 is 0 Å². The molecule has 0 aliphatic carbocycles. The summed E-state index contributed by atoms with van der Waals surface area (Å²) in [6.07, 6.45) is 1.86. The van der Waals surface area contributed by atoms with Crippen LogP contribution in [-0.4, -0.2) is 23.2 Å². The second-order valence-corrected chi connectivity index (χ2v) is 8.52. The van der Waals surface area contributed by atoms with Crippen molar-refractivity contribution in [2.45, 2.75) is 38.1 Å². The number of anilines is 1. The number of unbranched alkanes of at least 4 members (excludes halogenated alkanes) is 1. The molecule has 1 amide bonds. The average Bonchev–Trinajstić information content (AvgIpc) is 3.28. The number of aromatic nitrogens is 1. The third-order valence-electron chi connectivity index (χ3n) is 4.68. The summed E-state index contributed by atoms with van der Waals surface area (Å²) in [5.74, 6) is -0.244. The highest BCUT2D eigenvalue weighted by atomic mass is 32.2. The Balaban J connectivity index is 2.01. The summed E-state index contributed by atoms with van der Waals surface area (Å²) in [5, 5.41) is 4.94. The quantitative estimate of drug-likeness (QED) is 0.851. The van der Waals surface area contributed by atoms with E-state index in [2.05, 4.69) is 34.5 Å². The molecule has 1 N–H and O–H groups in total. The smallest absolute Gasteiger partial charge is 0.276 e. The Labute approximate surface area is 164 Å². The first kappa shape index (κ1) is 18.1. The minimum absolute atomic E-state index is 0.0365. The minimum atomic E-state index is -0.244. The number of thioether (sulfide) groups is 1. The van der Waals surface area contributed by atoms with Crippen molar-refractivity contribution in [3.8, 4) is 0 Å². The fourth-order valence-electron chi connectivity index (χ4n) is 3.21. The monoisotopic (exact) mass is 400 g/mol. The Morgan fingerprint density at radius 2 is 2.00 bits per heavy atom. The van der Waals surface area contributed by atoms with Crippen LogP contribution in [0.15, 0.2) is 39.1 Å². The van der Waals surface area contributed by atoms with Crippen LogP contribution in [0.2, 0.25) is 0 Å². The average molecular weight is 401 g/mol. The molecule has 2 aliphatic heterocycles. The Bertz CT molecular complexity index is 1140. The molecule has 0 spiro atoms. The van der Waals surface area contributed by atoms with Gasteiger partial charge in [-0.15, -0.1) is 11.3 Å². The number of nitrogens with zero attached hydrogens (tertiary/aromatic N) is 3. The van der Waals surface area contributed by atoms with Gasteiger partial charge in [0.05, 0.1) is 17.0 Å². The molecule has 4 rings (SSSR count). The van der Waals surface area contributed by atoms with Crippen molar-refractivity contribution in [2.24, 2.45) is 5.10 Å². The third kappa shape index (κ3) is 2.93. The lowest BCUT2D eigenvalue weighted by atomic mass is 10.2. The lowest BCUT2D eigenvalue weighted by molar-refractivity contribution is -0.115. The molecule has 0 unspecified atom stereocenters. The largest absolute Gasteiger partial charge is 0.337 e.